The number of carbonyl (C=O) groups excluding carboxylic acids is 1. The smallest absolute Gasteiger partial charge is 0.356 e. The van der Waals surface area contributed by atoms with Gasteiger partial charge >= 0.3 is 6.18 Å². The monoisotopic (exact) mass is 517 g/mol. The predicted octanol–water partition coefficient (Wildman–Crippen LogP) is 4.14. The number of hydrogen-bond donors (Lipinski definition) is 1. The van der Waals surface area contributed by atoms with Crippen LogP contribution in [0.25, 0.3) is 11.0 Å². The Balaban J connectivity index is 1.76. The highest BCUT2D eigenvalue weighted by molar-refractivity contribution is 7.89. The summed E-state index contributed by atoms with van der Waals surface area (Å²) in [7, 11) is -3.81. The van der Waals surface area contributed by atoms with Crippen molar-refractivity contribution >= 4 is 38.5 Å². The zero-order valence-electron chi connectivity index (χ0n) is 18.3. The molecule has 1 N–H and O–H groups in total. The quantitative estimate of drug-likeness (QED) is 0.523. The van der Waals surface area contributed by atoms with Gasteiger partial charge in [-0.3, -0.25) is 4.79 Å². The van der Waals surface area contributed by atoms with Gasteiger partial charge in [0.25, 0.3) is 5.91 Å². The van der Waals surface area contributed by atoms with Gasteiger partial charge in [-0.05, 0) is 24.6 Å². The molecule has 188 valence electrons. The number of fused-ring (bicyclic) bond motifs is 1. The van der Waals surface area contributed by atoms with Gasteiger partial charge in [0.15, 0.2) is 5.65 Å². The predicted molar refractivity (Wildman–Crippen MR) is 118 cm³/mol. The summed E-state index contributed by atoms with van der Waals surface area (Å²) in [4.78, 5) is 22.4. The topological polar surface area (TPSA) is 97.2 Å². The molecule has 4 heterocycles. The van der Waals surface area contributed by atoms with E-state index in [9.17, 15) is 35.2 Å². The third-order valence-corrected chi connectivity index (χ3v) is 6.59. The van der Waals surface area contributed by atoms with Crippen molar-refractivity contribution in [3.8, 4) is 0 Å². The molecule has 1 fully saturated rings. The van der Waals surface area contributed by atoms with E-state index >= 15 is 0 Å². The molecule has 0 radical (unpaired) electrons. The molecule has 14 heteroatoms. The Labute approximate surface area is 196 Å². The molecule has 0 aromatic carbocycles. The summed E-state index contributed by atoms with van der Waals surface area (Å²) < 4.78 is 92.9. The Hall–Kier alpha value is -3.29. The van der Waals surface area contributed by atoms with Crippen molar-refractivity contribution in [2.24, 2.45) is 0 Å². The second kappa shape index (κ2) is 8.73. The van der Waals surface area contributed by atoms with Gasteiger partial charge in [-0.15, -0.1) is 0 Å². The van der Waals surface area contributed by atoms with Crippen LogP contribution in [0.3, 0.4) is 0 Å². The number of pyridine rings is 2. The molecule has 0 saturated carbocycles. The number of hydrogen-bond acceptors (Lipinski definition) is 6. The Kier molecular flexibility index (Phi) is 6.19. The minimum Gasteiger partial charge on any atom is -0.356 e. The fourth-order valence-electron chi connectivity index (χ4n) is 3.88. The highest BCUT2D eigenvalue weighted by atomic mass is 32.2. The summed E-state index contributed by atoms with van der Waals surface area (Å²) in [5, 5.41) is 2.68. The van der Waals surface area contributed by atoms with E-state index in [1.165, 1.54) is 23.2 Å². The molecule has 3 aromatic heterocycles. The van der Waals surface area contributed by atoms with Crippen molar-refractivity contribution in [2.75, 3.05) is 29.6 Å². The minimum absolute atomic E-state index is 0.00529. The van der Waals surface area contributed by atoms with Crippen LogP contribution in [0.5, 0.6) is 0 Å². The fraction of sp³-hybridized carbons (Fsp3) is 0.381. The zero-order chi connectivity index (χ0) is 25.6. The Morgan fingerprint density at radius 1 is 1.17 bits per heavy atom. The number of carbonyl (C=O) groups is 1. The lowest BCUT2D eigenvalue weighted by Gasteiger charge is -2.24. The van der Waals surface area contributed by atoms with Crippen LogP contribution in [0.1, 0.15) is 35.2 Å². The van der Waals surface area contributed by atoms with Crippen molar-refractivity contribution < 1.29 is 35.2 Å². The van der Waals surface area contributed by atoms with Gasteiger partial charge in [-0.2, -0.15) is 13.2 Å². The molecule has 0 aliphatic carbocycles. The molecule has 0 atom stereocenters. The highest BCUT2D eigenvalue weighted by Gasteiger charge is 2.36. The summed E-state index contributed by atoms with van der Waals surface area (Å²) in [6, 6.07) is 3.59. The van der Waals surface area contributed by atoms with Crippen LogP contribution in [0.4, 0.5) is 33.5 Å². The van der Waals surface area contributed by atoms with Gasteiger partial charge in [0.2, 0.25) is 15.9 Å². The van der Waals surface area contributed by atoms with Crippen molar-refractivity contribution in [1.29, 1.82) is 0 Å². The maximum atomic E-state index is 13.8. The largest absolute Gasteiger partial charge is 0.417 e. The molecular weight excluding hydrogens is 497 g/mol. The number of alkyl halides is 5. The minimum atomic E-state index is -4.80. The molecule has 1 aliphatic rings. The first kappa shape index (κ1) is 24.8. The third kappa shape index (κ3) is 5.21. The van der Waals surface area contributed by atoms with Crippen LogP contribution < -0.4 is 10.2 Å². The average molecular weight is 517 g/mol. The molecule has 3 aromatic rings. The second-order valence-electron chi connectivity index (χ2n) is 8.22. The van der Waals surface area contributed by atoms with Crippen LogP contribution in [0.2, 0.25) is 0 Å². The van der Waals surface area contributed by atoms with E-state index < -0.39 is 45.6 Å². The summed E-state index contributed by atoms with van der Waals surface area (Å²) in [5.41, 5.74) is -1.65. The molecule has 0 unspecified atom stereocenters. The number of aromatic nitrogens is 3. The first-order valence-corrected chi connectivity index (χ1v) is 12.3. The third-order valence-electron chi connectivity index (χ3n) is 5.59. The van der Waals surface area contributed by atoms with Gasteiger partial charge in [0, 0.05) is 49.9 Å². The number of nitrogens with one attached hydrogen (secondary N) is 1. The summed E-state index contributed by atoms with van der Waals surface area (Å²) in [5.74, 6) is -4.10. The first-order chi connectivity index (χ1) is 16.3. The lowest BCUT2D eigenvalue weighted by Crippen LogP contribution is -2.29. The van der Waals surface area contributed by atoms with E-state index in [4.69, 9.17) is 0 Å². The summed E-state index contributed by atoms with van der Waals surface area (Å²) in [6.45, 7) is -0.130. The van der Waals surface area contributed by atoms with Gasteiger partial charge in [0.1, 0.15) is 5.82 Å². The maximum absolute atomic E-state index is 13.8. The Morgan fingerprint density at radius 3 is 2.60 bits per heavy atom. The van der Waals surface area contributed by atoms with Crippen molar-refractivity contribution in [2.45, 2.75) is 31.4 Å². The zero-order valence-corrected chi connectivity index (χ0v) is 19.1. The van der Waals surface area contributed by atoms with E-state index in [0.717, 1.165) is 16.4 Å². The normalized spacial score (nSPS) is 16.8. The molecule has 35 heavy (non-hydrogen) atoms. The Bertz CT molecular complexity index is 1390. The first-order valence-electron chi connectivity index (χ1n) is 10.4. The lowest BCUT2D eigenvalue weighted by molar-refractivity contribution is -0.137. The van der Waals surface area contributed by atoms with Crippen LogP contribution in [-0.4, -0.2) is 53.5 Å². The lowest BCUT2D eigenvalue weighted by atomic mass is 10.1. The number of anilines is 2. The van der Waals surface area contributed by atoms with Gasteiger partial charge in [-0.1, -0.05) is 0 Å². The van der Waals surface area contributed by atoms with Gasteiger partial charge in [0.05, 0.1) is 23.1 Å². The van der Waals surface area contributed by atoms with E-state index in [1.807, 2.05) is 0 Å². The van der Waals surface area contributed by atoms with Crippen molar-refractivity contribution in [3.63, 3.8) is 0 Å². The molecule has 0 spiro atoms. The van der Waals surface area contributed by atoms with Crippen LogP contribution in [0, 0.1) is 0 Å². The number of nitrogens with zero attached hydrogens (tertiary/aromatic N) is 4. The van der Waals surface area contributed by atoms with Gasteiger partial charge < -0.3 is 10.2 Å². The number of amides is 1. The van der Waals surface area contributed by atoms with Crippen molar-refractivity contribution in [3.05, 3.63) is 47.9 Å². The molecule has 1 saturated heterocycles. The highest BCUT2D eigenvalue weighted by Crippen LogP contribution is 2.35. The Morgan fingerprint density at radius 2 is 1.91 bits per heavy atom. The summed E-state index contributed by atoms with van der Waals surface area (Å²) >= 11 is 0. The fourth-order valence-corrected chi connectivity index (χ4v) is 4.64. The van der Waals surface area contributed by atoms with Gasteiger partial charge in [-0.25, -0.2) is 31.1 Å². The van der Waals surface area contributed by atoms with E-state index in [1.54, 1.807) is 0 Å². The molecule has 1 aliphatic heterocycles. The number of rotatable bonds is 4. The molecule has 0 bridgehead atoms. The van der Waals surface area contributed by atoms with Crippen LogP contribution in [-0.2, 0) is 16.2 Å². The maximum Gasteiger partial charge on any atom is 0.417 e. The van der Waals surface area contributed by atoms with E-state index in [0.29, 0.717) is 12.3 Å². The molecule has 1 amide bonds. The molecular formula is C21H20F5N5O3S. The second-order valence-corrected chi connectivity index (χ2v) is 10.1. The van der Waals surface area contributed by atoms with Crippen molar-refractivity contribution in [1.82, 2.24) is 13.9 Å². The SMILES string of the molecule is CS(=O)(=O)n1cc(NC(=O)c2cc(C(F)(F)F)cnc2N2CCCC(F)(F)CC2)c2cccnc21. The summed E-state index contributed by atoms with van der Waals surface area (Å²) in [6.07, 6.45) is -1.75. The standard InChI is InChI=1S/C21H20F5N5O3S/c1-35(33,34)31-12-16(14-4-2-7-27-18(14)31)29-19(32)15-10-13(21(24,25)26)11-28-17(15)30-8-3-5-20(22,23)6-9-30/h2,4,7,10-12H,3,5-6,8-9H2,1H3,(H,29,32). The van der Waals surface area contributed by atoms with E-state index in [2.05, 4.69) is 15.3 Å². The average Bonchev–Trinajstić information content (AvgIpc) is 3.03. The van der Waals surface area contributed by atoms with E-state index in [-0.39, 0.29) is 48.5 Å². The molecule has 8 nitrogen and oxygen atoms in total. The number of halogens is 5. The molecule has 4 rings (SSSR count). The van der Waals surface area contributed by atoms with Crippen LogP contribution in [0.15, 0.2) is 36.8 Å². The van der Waals surface area contributed by atoms with Crippen LogP contribution >= 0.6 is 0 Å².